The van der Waals surface area contributed by atoms with Crippen LogP contribution in [0.2, 0.25) is 0 Å². The van der Waals surface area contributed by atoms with Crippen molar-refractivity contribution in [2.24, 2.45) is 5.92 Å². The fourth-order valence-electron chi connectivity index (χ4n) is 1.87. The second-order valence-corrected chi connectivity index (χ2v) is 3.71. The van der Waals surface area contributed by atoms with E-state index < -0.39 is 0 Å². The number of amides is 1. The van der Waals surface area contributed by atoms with Crippen molar-refractivity contribution >= 4 is 11.6 Å². The minimum absolute atomic E-state index is 0.149. The van der Waals surface area contributed by atoms with Crippen LogP contribution in [-0.4, -0.2) is 10.9 Å². The Hall–Kier alpha value is -1.38. The highest BCUT2D eigenvalue weighted by molar-refractivity contribution is 5.92. The Labute approximate surface area is 83.5 Å². The highest BCUT2D eigenvalue weighted by atomic mass is 16.1. The molecule has 1 heterocycles. The largest absolute Gasteiger partial charge is 0.324 e. The maximum Gasteiger partial charge on any atom is 0.227 e. The summed E-state index contributed by atoms with van der Waals surface area (Å²) in [6.45, 7) is 0. The molecule has 1 saturated carbocycles. The highest BCUT2D eigenvalue weighted by Gasteiger charge is 2.22. The first-order valence-corrected chi connectivity index (χ1v) is 5.07. The van der Waals surface area contributed by atoms with Crippen LogP contribution >= 0.6 is 0 Å². The predicted molar refractivity (Wildman–Crippen MR) is 54.8 cm³/mol. The minimum atomic E-state index is 0.149. The van der Waals surface area contributed by atoms with Gasteiger partial charge in [-0.25, -0.2) is 0 Å². The molecule has 0 aromatic carbocycles. The average Bonchev–Trinajstić information content (AvgIpc) is 2.72. The van der Waals surface area contributed by atoms with E-state index >= 15 is 0 Å². The minimum Gasteiger partial charge on any atom is -0.324 e. The molecule has 1 amide bonds. The molecule has 3 nitrogen and oxygen atoms in total. The van der Waals surface area contributed by atoms with E-state index in [0.717, 1.165) is 18.5 Å². The topological polar surface area (TPSA) is 42.0 Å². The van der Waals surface area contributed by atoms with Gasteiger partial charge >= 0.3 is 0 Å². The zero-order valence-electron chi connectivity index (χ0n) is 8.07. The van der Waals surface area contributed by atoms with Crippen molar-refractivity contribution in [3.05, 3.63) is 24.5 Å². The molecule has 0 unspecified atom stereocenters. The molecule has 0 atom stereocenters. The quantitative estimate of drug-likeness (QED) is 0.776. The average molecular weight is 190 g/mol. The summed E-state index contributed by atoms with van der Waals surface area (Å²) in [4.78, 5) is 15.6. The van der Waals surface area contributed by atoms with Gasteiger partial charge in [0.2, 0.25) is 5.91 Å². The second-order valence-electron chi connectivity index (χ2n) is 3.71. The highest BCUT2D eigenvalue weighted by Crippen LogP contribution is 2.25. The van der Waals surface area contributed by atoms with E-state index in [0.29, 0.717) is 0 Å². The molecule has 1 aromatic heterocycles. The van der Waals surface area contributed by atoms with Gasteiger partial charge in [0.1, 0.15) is 0 Å². The van der Waals surface area contributed by atoms with Crippen molar-refractivity contribution in [1.82, 2.24) is 4.98 Å². The first-order valence-electron chi connectivity index (χ1n) is 5.07. The molecule has 1 aromatic rings. The SMILES string of the molecule is O=C(Nc1cccnc1)C1CCCC1. The van der Waals surface area contributed by atoms with E-state index in [1.54, 1.807) is 12.4 Å². The van der Waals surface area contributed by atoms with Gasteiger partial charge in [0.25, 0.3) is 0 Å². The predicted octanol–water partition coefficient (Wildman–Crippen LogP) is 2.21. The third-order valence-corrected chi connectivity index (χ3v) is 2.66. The molecule has 74 valence electrons. The number of rotatable bonds is 2. The van der Waals surface area contributed by atoms with E-state index in [9.17, 15) is 4.79 Å². The number of anilines is 1. The molecule has 1 aliphatic rings. The lowest BCUT2D eigenvalue weighted by molar-refractivity contribution is -0.119. The van der Waals surface area contributed by atoms with Crippen molar-refractivity contribution in [3.8, 4) is 0 Å². The van der Waals surface area contributed by atoms with Crippen molar-refractivity contribution in [3.63, 3.8) is 0 Å². The monoisotopic (exact) mass is 190 g/mol. The summed E-state index contributed by atoms with van der Waals surface area (Å²) in [6.07, 6.45) is 7.81. The van der Waals surface area contributed by atoms with E-state index in [-0.39, 0.29) is 11.8 Å². The van der Waals surface area contributed by atoms with Crippen molar-refractivity contribution in [2.75, 3.05) is 5.32 Å². The van der Waals surface area contributed by atoms with Crippen LogP contribution < -0.4 is 5.32 Å². The summed E-state index contributed by atoms with van der Waals surface area (Å²) >= 11 is 0. The van der Waals surface area contributed by atoms with Crippen LogP contribution in [0.3, 0.4) is 0 Å². The fraction of sp³-hybridized carbons (Fsp3) is 0.455. The van der Waals surface area contributed by atoms with E-state index in [4.69, 9.17) is 0 Å². The molecular formula is C11H14N2O. The Bertz CT molecular complexity index is 304. The standard InChI is InChI=1S/C11H14N2O/c14-11(9-4-1-2-5-9)13-10-6-3-7-12-8-10/h3,6-9H,1-2,4-5H2,(H,13,14). The lowest BCUT2D eigenvalue weighted by Gasteiger charge is -2.09. The molecular weight excluding hydrogens is 176 g/mol. The maximum atomic E-state index is 11.7. The molecule has 3 heteroatoms. The van der Waals surface area contributed by atoms with E-state index in [1.807, 2.05) is 12.1 Å². The molecule has 14 heavy (non-hydrogen) atoms. The van der Waals surface area contributed by atoms with Gasteiger partial charge in [-0.2, -0.15) is 0 Å². The molecule has 0 bridgehead atoms. The number of hydrogen-bond donors (Lipinski definition) is 1. The van der Waals surface area contributed by atoms with Gasteiger partial charge in [0.05, 0.1) is 11.9 Å². The first kappa shape index (κ1) is 9.19. The number of nitrogens with zero attached hydrogens (tertiary/aromatic N) is 1. The van der Waals surface area contributed by atoms with Gasteiger partial charge in [-0.3, -0.25) is 9.78 Å². The number of carbonyl (C=O) groups is 1. The summed E-state index contributed by atoms with van der Waals surface area (Å²) in [7, 11) is 0. The summed E-state index contributed by atoms with van der Waals surface area (Å²) in [6, 6.07) is 3.68. The van der Waals surface area contributed by atoms with Gasteiger partial charge in [0, 0.05) is 12.1 Å². The van der Waals surface area contributed by atoms with Crippen LogP contribution in [0.25, 0.3) is 0 Å². The normalized spacial score (nSPS) is 16.9. The van der Waals surface area contributed by atoms with Crippen LogP contribution in [0.4, 0.5) is 5.69 Å². The Balaban J connectivity index is 1.94. The van der Waals surface area contributed by atoms with Crippen LogP contribution in [0.15, 0.2) is 24.5 Å². The molecule has 0 aliphatic heterocycles. The van der Waals surface area contributed by atoms with Gasteiger partial charge in [0.15, 0.2) is 0 Å². The number of aromatic nitrogens is 1. The Morgan fingerprint density at radius 3 is 2.86 bits per heavy atom. The van der Waals surface area contributed by atoms with Crippen molar-refractivity contribution < 1.29 is 4.79 Å². The number of nitrogens with one attached hydrogen (secondary N) is 1. The Morgan fingerprint density at radius 2 is 2.21 bits per heavy atom. The molecule has 2 rings (SSSR count). The molecule has 1 aliphatic carbocycles. The van der Waals surface area contributed by atoms with Crippen LogP contribution in [0.5, 0.6) is 0 Å². The number of hydrogen-bond acceptors (Lipinski definition) is 2. The summed E-state index contributed by atoms with van der Waals surface area (Å²) in [5.41, 5.74) is 0.796. The van der Waals surface area contributed by atoms with E-state index in [2.05, 4.69) is 10.3 Å². The van der Waals surface area contributed by atoms with E-state index in [1.165, 1.54) is 12.8 Å². The lowest BCUT2D eigenvalue weighted by Crippen LogP contribution is -2.20. The molecule has 0 radical (unpaired) electrons. The van der Waals surface area contributed by atoms with Crippen LogP contribution in [0.1, 0.15) is 25.7 Å². The molecule has 0 spiro atoms. The smallest absolute Gasteiger partial charge is 0.227 e. The Kier molecular flexibility index (Phi) is 2.77. The summed E-state index contributed by atoms with van der Waals surface area (Å²) in [5, 5.41) is 2.88. The zero-order valence-corrected chi connectivity index (χ0v) is 8.07. The lowest BCUT2D eigenvalue weighted by atomic mass is 10.1. The van der Waals surface area contributed by atoms with Gasteiger partial charge in [-0.05, 0) is 25.0 Å². The first-order chi connectivity index (χ1) is 6.86. The number of carbonyl (C=O) groups excluding carboxylic acids is 1. The van der Waals surface area contributed by atoms with Crippen molar-refractivity contribution in [2.45, 2.75) is 25.7 Å². The zero-order chi connectivity index (χ0) is 9.80. The second kappa shape index (κ2) is 4.22. The molecule has 1 N–H and O–H groups in total. The third-order valence-electron chi connectivity index (χ3n) is 2.66. The van der Waals surface area contributed by atoms with Gasteiger partial charge < -0.3 is 5.32 Å². The van der Waals surface area contributed by atoms with Gasteiger partial charge in [-0.1, -0.05) is 12.8 Å². The molecule has 0 saturated heterocycles. The van der Waals surface area contributed by atoms with Crippen LogP contribution in [0, 0.1) is 5.92 Å². The van der Waals surface area contributed by atoms with Crippen molar-refractivity contribution in [1.29, 1.82) is 0 Å². The van der Waals surface area contributed by atoms with Crippen LogP contribution in [-0.2, 0) is 4.79 Å². The Morgan fingerprint density at radius 1 is 1.43 bits per heavy atom. The van der Waals surface area contributed by atoms with Gasteiger partial charge in [-0.15, -0.1) is 0 Å². The fourth-order valence-corrected chi connectivity index (χ4v) is 1.87. The summed E-state index contributed by atoms with van der Waals surface area (Å²) in [5.74, 6) is 0.366. The third kappa shape index (κ3) is 2.10. The maximum absolute atomic E-state index is 11.7. The summed E-state index contributed by atoms with van der Waals surface area (Å²) < 4.78 is 0. The molecule has 1 fully saturated rings. The number of pyridine rings is 1.